The van der Waals surface area contributed by atoms with E-state index in [2.05, 4.69) is 10.5 Å². The van der Waals surface area contributed by atoms with Gasteiger partial charge in [0.1, 0.15) is 5.75 Å². The Bertz CT molecular complexity index is 632. The molecule has 2 N–H and O–H groups in total. The number of nitrogens with one attached hydrogen (secondary N) is 1. The van der Waals surface area contributed by atoms with E-state index < -0.39 is 0 Å². The van der Waals surface area contributed by atoms with Gasteiger partial charge in [0.25, 0.3) is 5.91 Å². The third-order valence-corrected chi connectivity index (χ3v) is 3.65. The Hall–Kier alpha value is -2.34. The van der Waals surface area contributed by atoms with Crippen LogP contribution in [0.3, 0.4) is 0 Å². The van der Waals surface area contributed by atoms with Crippen molar-refractivity contribution in [3.05, 3.63) is 46.2 Å². The lowest BCUT2D eigenvalue weighted by molar-refractivity contribution is 0.103. The second-order valence-corrected chi connectivity index (χ2v) is 4.98. The first kappa shape index (κ1) is 14.1. The van der Waals surface area contributed by atoms with E-state index in [4.69, 9.17) is 9.94 Å². The monoisotopic (exact) mass is 290 g/mol. The summed E-state index contributed by atoms with van der Waals surface area (Å²) in [4.78, 5) is 12.6. The summed E-state index contributed by atoms with van der Waals surface area (Å²) in [5.41, 5.74) is 1.99. The Labute approximate surface area is 120 Å². The Morgan fingerprint density at radius 3 is 2.60 bits per heavy atom. The average Bonchev–Trinajstić information content (AvgIpc) is 2.96. The summed E-state index contributed by atoms with van der Waals surface area (Å²) in [5.74, 6) is 0.490. The third-order valence-electron chi connectivity index (χ3n) is 2.75. The molecule has 0 saturated carbocycles. The zero-order valence-electron chi connectivity index (χ0n) is 11.1. The van der Waals surface area contributed by atoms with Crippen molar-refractivity contribution in [3.63, 3.8) is 0 Å². The molecule has 0 aliphatic rings. The molecule has 0 unspecified atom stereocenters. The van der Waals surface area contributed by atoms with Crippen molar-refractivity contribution in [2.45, 2.75) is 6.92 Å². The first-order valence-corrected chi connectivity index (χ1v) is 6.75. The van der Waals surface area contributed by atoms with Gasteiger partial charge in [-0.2, -0.15) is 0 Å². The molecule has 1 aromatic heterocycles. The number of benzene rings is 1. The normalized spacial score (nSPS) is 11.2. The second-order valence-electron chi connectivity index (χ2n) is 4.07. The van der Waals surface area contributed by atoms with Gasteiger partial charge in [-0.05, 0) is 24.6 Å². The molecule has 1 aromatic carbocycles. The Kier molecular flexibility index (Phi) is 4.37. The van der Waals surface area contributed by atoms with Crippen LogP contribution in [0.1, 0.15) is 22.2 Å². The molecule has 5 nitrogen and oxygen atoms in total. The van der Waals surface area contributed by atoms with Crippen molar-refractivity contribution in [2.24, 2.45) is 5.16 Å². The van der Waals surface area contributed by atoms with Crippen molar-refractivity contribution in [2.75, 3.05) is 12.4 Å². The molecule has 1 heterocycles. The topological polar surface area (TPSA) is 70.9 Å². The van der Waals surface area contributed by atoms with E-state index in [1.54, 1.807) is 49.7 Å². The van der Waals surface area contributed by atoms with E-state index in [0.717, 1.165) is 5.56 Å². The van der Waals surface area contributed by atoms with Crippen molar-refractivity contribution in [1.82, 2.24) is 0 Å². The first-order chi connectivity index (χ1) is 9.63. The molecule has 0 aliphatic heterocycles. The quantitative estimate of drug-likeness (QED) is 0.516. The van der Waals surface area contributed by atoms with Gasteiger partial charge in [0.05, 0.1) is 17.7 Å². The van der Waals surface area contributed by atoms with Gasteiger partial charge < -0.3 is 15.3 Å². The highest BCUT2D eigenvalue weighted by atomic mass is 32.1. The van der Waals surface area contributed by atoms with E-state index in [-0.39, 0.29) is 5.91 Å². The number of ether oxygens (including phenoxy) is 1. The fourth-order valence-corrected chi connectivity index (χ4v) is 2.34. The molecule has 20 heavy (non-hydrogen) atoms. The van der Waals surface area contributed by atoms with Gasteiger partial charge in [-0.3, -0.25) is 4.79 Å². The standard InChI is InChI=1S/C14H14N2O3S/c1-9(16-18)10-3-5-11(6-4-10)15-14(17)13-7-12(19-2)8-20-13/h3-8,18H,1-2H3,(H,15,17)/b16-9+. The largest absolute Gasteiger partial charge is 0.496 e. The summed E-state index contributed by atoms with van der Waals surface area (Å²) in [6, 6.07) is 8.76. The van der Waals surface area contributed by atoms with Crippen LogP contribution in [0.2, 0.25) is 0 Å². The van der Waals surface area contributed by atoms with Gasteiger partial charge in [-0.15, -0.1) is 11.3 Å². The molecule has 0 saturated heterocycles. The molecular weight excluding hydrogens is 276 g/mol. The average molecular weight is 290 g/mol. The zero-order valence-corrected chi connectivity index (χ0v) is 11.9. The molecule has 0 bridgehead atoms. The predicted octanol–water partition coefficient (Wildman–Crippen LogP) is 3.21. The van der Waals surface area contributed by atoms with Crippen LogP contribution < -0.4 is 10.1 Å². The SMILES string of the molecule is COc1csc(C(=O)Nc2ccc(/C(C)=N/O)cc2)c1. The molecule has 0 atom stereocenters. The smallest absolute Gasteiger partial charge is 0.265 e. The van der Waals surface area contributed by atoms with Crippen LogP contribution in [0.25, 0.3) is 0 Å². The van der Waals surface area contributed by atoms with E-state index in [1.165, 1.54) is 11.3 Å². The van der Waals surface area contributed by atoms with Crippen molar-refractivity contribution < 1.29 is 14.7 Å². The van der Waals surface area contributed by atoms with Crippen LogP contribution >= 0.6 is 11.3 Å². The molecular formula is C14H14N2O3S. The highest BCUT2D eigenvalue weighted by Crippen LogP contribution is 2.22. The maximum atomic E-state index is 12.0. The van der Waals surface area contributed by atoms with Crippen LogP contribution in [0.15, 0.2) is 40.9 Å². The number of amides is 1. The van der Waals surface area contributed by atoms with E-state index >= 15 is 0 Å². The maximum absolute atomic E-state index is 12.0. The number of rotatable bonds is 4. The molecule has 0 aliphatic carbocycles. The third kappa shape index (κ3) is 3.16. The Balaban J connectivity index is 2.08. The second kappa shape index (κ2) is 6.21. The number of nitrogens with zero attached hydrogens (tertiary/aromatic N) is 1. The fraction of sp³-hybridized carbons (Fsp3) is 0.143. The fourth-order valence-electron chi connectivity index (χ4n) is 1.59. The van der Waals surface area contributed by atoms with Gasteiger partial charge in [0.15, 0.2) is 0 Å². The van der Waals surface area contributed by atoms with Crippen molar-refractivity contribution in [3.8, 4) is 5.75 Å². The van der Waals surface area contributed by atoms with Crippen LogP contribution in [-0.2, 0) is 0 Å². The Morgan fingerprint density at radius 1 is 1.35 bits per heavy atom. The molecule has 104 valence electrons. The zero-order chi connectivity index (χ0) is 14.5. The summed E-state index contributed by atoms with van der Waals surface area (Å²) >= 11 is 1.32. The highest BCUT2D eigenvalue weighted by molar-refractivity contribution is 7.12. The number of carbonyl (C=O) groups excluding carboxylic acids is 1. The van der Waals surface area contributed by atoms with Crippen molar-refractivity contribution >= 4 is 28.6 Å². The van der Waals surface area contributed by atoms with Gasteiger partial charge in [-0.25, -0.2) is 0 Å². The number of hydrogen-bond acceptors (Lipinski definition) is 5. The summed E-state index contributed by atoms with van der Waals surface area (Å²) in [6.07, 6.45) is 0. The summed E-state index contributed by atoms with van der Waals surface area (Å²) < 4.78 is 5.04. The number of carbonyl (C=O) groups is 1. The number of oxime groups is 1. The van der Waals surface area contributed by atoms with Crippen molar-refractivity contribution in [1.29, 1.82) is 0 Å². The summed E-state index contributed by atoms with van der Waals surface area (Å²) in [6.45, 7) is 1.70. The summed E-state index contributed by atoms with van der Waals surface area (Å²) in [7, 11) is 1.56. The van der Waals surface area contributed by atoms with Gasteiger partial charge in [0.2, 0.25) is 0 Å². The minimum atomic E-state index is -0.182. The van der Waals surface area contributed by atoms with Crippen LogP contribution in [0.4, 0.5) is 5.69 Å². The predicted molar refractivity (Wildman–Crippen MR) is 79.3 cm³/mol. The van der Waals surface area contributed by atoms with Gasteiger partial charge in [-0.1, -0.05) is 17.3 Å². The van der Waals surface area contributed by atoms with E-state index in [0.29, 0.717) is 22.0 Å². The number of thiophene rings is 1. The minimum absolute atomic E-state index is 0.182. The molecule has 1 amide bonds. The molecule has 6 heteroatoms. The molecule has 2 aromatic rings. The van der Waals surface area contributed by atoms with Crippen LogP contribution in [0, 0.1) is 0 Å². The highest BCUT2D eigenvalue weighted by Gasteiger charge is 2.10. The van der Waals surface area contributed by atoms with Gasteiger partial charge in [0, 0.05) is 17.1 Å². The lowest BCUT2D eigenvalue weighted by atomic mass is 10.1. The van der Waals surface area contributed by atoms with E-state index in [1.807, 2.05) is 0 Å². The summed E-state index contributed by atoms with van der Waals surface area (Å²) in [5, 5.41) is 16.4. The molecule has 0 radical (unpaired) electrons. The van der Waals surface area contributed by atoms with Crippen LogP contribution in [0.5, 0.6) is 5.75 Å². The molecule has 0 spiro atoms. The van der Waals surface area contributed by atoms with E-state index in [9.17, 15) is 4.79 Å². The number of hydrogen-bond donors (Lipinski definition) is 2. The molecule has 2 rings (SSSR count). The maximum Gasteiger partial charge on any atom is 0.265 e. The lowest BCUT2D eigenvalue weighted by Crippen LogP contribution is -2.10. The van der Waals surface area contributed by atoms with Crippen LogP contribution in [-0.4, -0.2) is 23.9 Å². The minimum Gasteiger partial charge on any atom is -0.496 e. The number of methoxy groups -OCH3 is 1. The van der Waals surface area contributed by atoms with Gasteiger partial charge >= 0.3 is 0 Å². The number of anilines is 1. The lowest BCUT2D eigenvalue weighted by Gasteiger charge is -2.04. The first-order valence-electron chi connectivity index (χ1n) is 5.87. The molecule has 0 fully saturated rings. The Morgan fingerprint density at radius 2 is 2.05 bits per heavy atom.